The van der Waals surface area contributed by atoms with Gasteiger partial charge in [-0.1, -0.05) is 11.1 Å². The third-order valence-corrected chi connectivity index (χ3v) is 5.06. The minimum absolute atomic E-state index is 0.275. The third kappa shape index (κ3) is 3.61. The zero-order valence-corrected chi connectivity index (χ0v) is 14.0. The second-order valence-electron chi connectivity index (χ2n) is 5.66. The topological polar surface area (TPSA) is 92.7 Å². The molecule has 1 heterocycles. The third-order valence-electron chi connectivity index (χ3n) is 4.23. The Balaban J connectivity index is 2.21. The van der Waals surface area contributed by atoms with Gasteiger partial charge in [-0.2, -0.15) is 0 Å². The summed E-state index contributed by atoms with van der Waals surface area (Å²) in [5.41, 5.74) is 2.34. The predicted octanol–water partition coefficient (Wildman–Crippen LogP) is 2.92. The Bertz CT molecular complexity index is 676. The lowest BCUT2D eigenvalue weighted by atomic mass is 9.76. The lowest BCUT2D eigenvalue weighted by Crippen LogP contribution is -2.36. The first-order valence-corrected chi connectivity index (χ1v) is 8.07. The Morgan fingerprint density at radius 3 is 2.39 bits per heavy atom. The Hall–Kier alpha value is -2.15. The van der Waals surface area contributed by atoms with E-state index in [9.17, 15) is 19.5 Å². The van der Waals surface area contributed by atoms with Crippen molar-refractivity contribution in [2.24, 2.45) is 11.8 Å². The Kier molecular flexibility index (Phi) is 5.20. The first kappa shape index (κ1) is 17.2. The summed E-state index contributed by atoms with van der Waals surface area (Å²) < 4.78 is 4.67. The van der Waals surface area contributed by atoms with Crippen molar-refractivity contribution in [2.45, 2.75) is 26.7 Å². The van der Waals surface area contributed by atoms with E-state index < -0.39 is 23.8 Å². The van der Waals surface area contributed by atoms with Crippen molar-refractivity contribution in [2.75, 3.05) is 12.4 Å². The molecule has 0 saturated carbocycles. The van der Waals surface area contributed by atoms with Gasteiger partial charge in [-0.05, 0) is 38.1 Å². The highest BCUT2D eigenvalue weighted by molar-refractivity contribution is 7.14. The number of hydrogen-bond donors (Lipinski definition) is 2. The van der Waals surface area contributed by atoms with E-state index in [2.05, 4.69) is 10.1 Å². The number of allylic oxidation sites excluding steroid dienone is 2. The Morgan fingerprint density at radius 1 is 1.22 bits per heavy atom. The molecule has 1 aliphatic rings. The quantitative estimate of drug-likeness (QED) is 0.651. The summed E-state index contributed by atoms with van der Waals surface area (Å²) >= 11 is 1.20. The highest BCUT2D eigenvalue weighted by Gasteiger charge is 2.37. The minimum Gasteiger partial charge on any atom is -0.481 e. The average Bonchev–Trinajstić information content (AvgIpc) is 2.96. The number of methoxy groups -OCH3 is 1. The maximum Gasteiger partial charge on any atom is 0.340 e. The highest BCUT2D eigenvalue weighted by atomic mass is 32.1. The molecule has 0 unspecified atom stereocenters. The van der Waals surface area contributed by atoms with Crippen LogP contribution in [0.5, 0.6) is 0 Å². The minimum atomic E-state index is -0.976. The standard InChI is InChI=1S/C16H19NO5S/c1-8-6-11(12(15(19)20)7-9(8)2)13(18)17-14-10(4-5-23-14)16(21)22-3/h4-5,11-12H,6-7H2,1-3H3,(H,17,18)(H,19,20)/t11-,12+/m1/s1. The van der Waals surface area contributed by atoms with Gasteiger partial charge in [0.25, 0.3) is 0 Å². The molecule has 0 bridgehead atoms. The van der Waals surface area contributed by atoms with Gasteiger partial charge in [0.15, 0.2) is 0 Å². The second-order valence-corrected chi connectivity index (χ2v) is 6.58. The van der Waals surface area contributed by atoms with Gasteiger partial charge in [0.1, 0.15) is 5.00 Å². The van der Waals surface area contributed by atoms with Gasteiger partial charge in [-0.15, -0.1) is 11.3 Å². The van der Waals surface area contributed by atoms with Crippen LogP contribution < -0.4 is 5.32 Å². The average molecular weight is 337 g/mol. The van der Waals surface area contributed by atoms with E-state index in [1.165, 1.54) is 18.4 Å². The molecular weight excluding hydrogens is 318 g/mol. The second kappa shape index (κ2) is 6.95. The van der Waals surface area contributed by atoms with Crippen molar-refractivity contribution in [1.82, 2.24) is 0 Å². The first-order chi connectivity index (χ1) is 10.8. The molecule has 124 valence electrons. The molecule has 2 N–H and O–H groups in total. The smallest absolute Gasteiger partial charge is 0.340 e. The van der Waals surface area contributed by atoms with E-state index in [-0.39, 0.29) is 11.5 Å². The summed E-state index contributed by atoms with van der Waals surface area (Å²) in [7, 11) is 1.27. The molecule has 0 aliphatic heterocycles. The number of nitrogens with one attached hydrogen (secondary N) is 1. The summed E-state index contributed by atoms with van der Waals surface area (Å²) in [5.74, 6) is -3.29. The maximum atomic E-state index is 12.6. The molecule has 0 fully saturated rings. The lowest BCUT2D eigenvalue weighted by molar-refractivity contribution is -0.146. The van der Waals surface area contributed by atoms with Crippen LogP contribution in [-0.2, 0) is 14.3 Å². The van der Waals surface area contributed by atoms with Crippen LogP contribution in [0.3, 0.4) is 0 Å². The molecule has 1 amide bonds. The predicted molar refractivity (Wildman–Crippen MR) is 86.5 cm³/mol. The normalized spacial score (nSPS) is 21.0. The molecule has 6 nitrogen and oxygen atoms in total. The van der Waals surface area contributed by atoms with Gasteiger partial charge < -0.3 is 15.2 Å². The van der Waals surface area contributed by atoms with Crippen molar-refractivity contribution >= 4 is 34.2 Å². The zero-order chi connectivity index (χ0) is 17.1. The summed E-state index contributed by atoms with van der Waals surface area (Å²) in [6, 6.07) is 1.57. The molecule has 2 atom stereocenters. The molecule has 1 aromatic heterocycles. The molecule has 1 aromatic rings. The number of esters is 1. The van der Waals surface area contributed by atoms with E-state index in [1.807, 2.05) is 13.8 Å². The van der Waals surface area contributed by atoms with Crippen molar-refractivity contribution < 1.29 is 24.2 Å². The van der Waals surface area contributed by atoms with Gasteiger partial charge in [0.05, 0.1) is 24.5 Å². The molecule has 23 heavy (non-hydrogen) atoms. The molecule has 1 aliphatic carbocycles. The summed E-state index contributed by atoms with van der Waals surface area (Å²) in [6.07, 6.45) is 0.779. The SMILES string of the molecule is COC(=O)c1ccsc1NC(=O)[C@@H]1CC(C)=C(C)C[C@@H]1C(=O)O. The van der Waals surface area contributed by atoms with E-state index in [1.54, 1.807) is 11.4 Å². The number of carboxylic acids is 1. The molecular formula is C16H19NO5S. The molecule has 0 spiro atoms. The Morgan fingerprint density at radius 2 is 1.83 bits per heavy atom. The number of carboxylic acid groups (broad SMARTS) is 1. The fourth-order valence-corrected chi connectivity index (χ4v) is 3.49. The number of amides is 1. The first-order valence-electron chi connectivity index (χ1n) is 7.19. The van der Waals surface area contributed by atoms with Gasteiger partial charge in [0, 0.05) is 0 Å². The maximum absolute atomic E-state index is 12.6. The van der Waals surface area contributed by atoms with Crippen LogP contribution in [0.4, 0.5) is 5.00 Å². The van der Waals surface area contributed by atoms with Crippen LogP contribution in [-0.4, -0.2) is 30.1 Å². The molecule has 0 saturated heterocycles. The number of ether oxygens (including phenoxy) is 1. The number of carbonyl (C=O) groups is 3. The number of aliphatic carboxylic acids is 1. The van der Waals surface area contributed by atoms with Crippen molar-refractivity contribution in [1.29, 1.82) is 0 Å². The summed E-state index contributed by atoms with van der Waals surface area (Å²) in [4.78, 5) is 35.7. The number of hydrogen-bond acceptors (Lipinski definition) is 5. The molecule has 0 aromatic carbocycles. The number of rotatable bonds is 4. The number of carbonyl (C=O) groups excluding carboxylic acids is 2. The largest absolute Gasteiger partial charge is 0.481 e. The lowest BCUT2D eigenvalue weighted by Gasteiger charge is -2.29. The molecule has 2 rings (SSSR count). The van der Waals surface area contributed by atoms with E-state index in [0.717, 1.165) is 11.1 Å². The van der Waals surface area contributed by atoms with Crippen molar-refractivity contribution in [3.8, 4) is 0 Å². The van der Waals surface area contributed by atoms with Crippen LogP contribution >= 0.6 is 11.3 Å². The van der Waals surface area contributed by atoms with Crippen molar-refractivity contribution in [3.05, 3.63) is 28.2 Å². The fourth-order valence-electron chi connectivity index (χ4n) is 2.71. The monoisotopic (exact) mass is 337 g/mol. The summed E-state index contributed by atoms with van der Waals surface area (Å²) in [6.45, 7) is 3.81. The van der Waals surface area contributed by atoms with Gasteiger partial charge in [0.2, 0.25) is 5.91 Å². The van der Waals surface area contributed by atoms with E-state index >= 15 is 0 Å². The van der Waals surface area contributed by atoms with Crippen LogP contribution in [0.15, 0.2) is 22.6 Å². The van der Waals surface area contributed by atoms with Gasteiger partial charge in [-0.25, -0.2) is 4.79 Å². The van der Waals surface area contributed by atoms with E-state index in [4.69, 9.17) is 0 Å². The summed E-state index contributed by atoms with van der Waals surface area (Å²) in [5, 5.41) is 14.1. The van der Waals surface area contributed by atoms with Crippen LogP contribution in [0, 0.1) is 11.8 Å². The fraction of sp³-hybridized carbons (Fsp3) is 0.438. The Labute approximate surface area is 138 Å². The van der Waals surface area contributed by atoms with Gasteiger partial charge in [-0.3, -0.25) is 9.59 Å². The van der Waals surface area contributed by atoms with E-state index in [0.29, 0.717) is 17.8 Å². The van der Waals surface area contributed by atoms with Gasteiger partial charge >= 0.3 is 11.9 Å². The molecule has 7 heteroatoms. The number of anilines is 1. The molecule has 0 radical (unpaired) electrons. The van der Waals surface area contributed by atoms with Crippen LogP contribution in [0.1, 0.15) is 37.0 Å². The van der Waals surface area contributed by atoms with Crippen LogP contribution in [0.25, 0.3) is 0 Å². The van der Waals surface area contributed by atoms with Crippen molar-refractivity contribution in [3.63, 3.8) is 0 Å². The highest BCUT2D eigenvalue weighted by Crippen LogP contribution is 2.35. The zero-order valence-electron chi connectivity index (χ0n) is 13.2. The number of thiophene rings is 1. The van der Waals surface area contributed by atoms with Crippen LogP contribution in [0.2, 0.25) is 0 Å².